The maximum absolute atomic E-state index is 13.3. The maximum Gasteiger partial charge on any atom is 0.243 e. The lowest BCUT2D eigenvalue weighted by molar-refractivity contribution is 0.176. The van der Waals surface area contributed by atoms with Crippen LogP contribution < -0.4 is 5.32 Å². The molecule has 118 valence electrons. The molecule has 0 aliphatic carbocycles. The largest absolute Gasteiger partial charge is 0.383 e. The molecule has 1 aromatic carbocycles. The van der Waals surface area contributed by atoms with Crippen LogP contribution >= 0.6 is 0 Å². The van der Waals surface area contributed by atoms with Crippen LogP contribution in [0.15, 0.2) is 29.2 Å². The maximum atomic E-state index is 13.3. The third-order valence-corrected chi connectivity index (χ3v) is 5.43. The van der Waals surface area contributed by atoms with E-state index in [0.29, 0.717) is 13.2 Å². The number of rotatable bonds is 7. The zero-order valence-corrected chi connectivity index (χ0v) is 12.9. The SMILES string of the molecule is COCCN(CC1CCCN1)S(=O)(=O)c1cccc(F)c1. The quantitative estimate of drug-likeness (QED) is 0.821. The van der Waals surface area contributed by atoms with Gasteiger partial charge in [-0.2, -0.15) is 4.31 Å². The smallest absolute Gasteiger partial charge is 0.243 e. The Bertz CT molecular complexity index is 559. The standard InChI is InChI=1S/C14H21FN2O3S/c1-20-9-8-17(11-13-5-3-7-16-13)21(18,19)14-6-2-4-12(15)10-14/h2,4,6,10,13,16H,3,5,7-9,11H2,1H3. The van der Waals surface area contributed by atoms with E-state index in [1.54, 1.807) is 0 Å². The Balaban J connectivity index is 2.20. The fourth-order valence-corrected chi connectivity index (χ4v) is 3.94. The summed E-state index contributed by atoms with van der Waals surface area (Å²) in [4.78, 5) is -0.0170. The van der Waals surface area contributed by atoms with Crippen molar-refractivity contribution >= 4 is 10.0 Å². The second-order valence-corrected chi connectivity index (χ2v) is 7.04. The van der Waals surface area contributed by atoms with E-state index in [9.17, 15) is 12.8 Å². The topological polar surface area (TPSA) is 58.6 Å². The zero-order chi connectivity index (χ0) is 15.3. The molecule has 0 bridgehead atoms. The normalized spacial score (nSPS) is 19.3. The van der Waals surface area contributed by atoms with Crippen molar-refractivity contribution in [3.05, 3.63) is 30.1 Å². The summed E-state index contributed by atoms with van der Waals surface area (Å²) in [6.07, 6.45) is 1.99. The van der Waals surface area contributed by atoms with Crippen LogP contribution in [-0.4, -0.2) is 52.1 Å². The van der Waals surface area contributed by atoms with Gasteiger partial charge in [0.25, 0.3) is 0 Å². The lowest BCUT2D eigenvalue weighted by atomic mass is 10.2. The van der Waals surface area contributed by atoms with Crippen LogP contribution in [0.3, 0.4) is 0 Å². The molecule has 1 atom stereocenters. The van der Waals surface area contributed by atoms with Crippen molar-refractivity contribution in [1.82, 2.24) is 9.62 Å². The molecule has 1 fully saturated rings. The van der Waals surface area contributed by atoms with Gasteiger partial charge in [-0.15, -0.1) is 0 Å². The summed E-state index contributed by atoms with van der Waals surface area (Å²) in [7, 11) is -2.18. The van der Waals surface area contributed by atoms with Crippen LogP contribution in [0.25, 0.3) is 0 Å². The molecule has 21 heavy (non-hydrogen) atoms. The molecule has 1 aliphatic heterocycles. The third-order valence-electron chi connectivity index (χ3n) is 3.57. The third kappa shape index (κ3) is 4.23. The Kier molecular flexibility index (Phi) is 5.69. The minimum absolute atomic E-state index is 0.0170. The Labute approximate surface area is 125 Å². The molecule has 0 amide bonds. The zero-order valence-electron chi connectivity index (χ0n) is 12.1. The van der Waals surface area contributed by atoms with Gasteiger partial charge in [-0.3, -0.25) is 0 Å². The summed E-state index contributed by atoms with van der Waals surface area (Å²) < 4.78 is 45.0. The molecule has 0 aromatic heterocycles. The first-order chi connectivity index (χ1) is 10.0. The highest BCUT2D eigenvalue weighted by molar-refractivity contribution is 7.89. The average molecular weight is 316 g/mol. The van der Waals surface area contributed by atoms with Crippen molar-refractivity contribution in [3.63, 3.8) is 0 Å². The molecule has 0 saturated carbocycles. The predicted octanol–water partition coefficient (Wildman–Crippen LogP) is 1.21. The van der Waals surface area contributed by atoms with E-state index in [2.05, 4.69) is 5.32 Å². The molecular formula is C14H21FN2O3S. The van der Waals surface area contributed by atoms with Gasteiger partial charge in [0.2, 0.25) is 10.0 Å². The second kappa shape index (κ2) is 7.31. The molecule has 1 aromatic rings. The lowest BCUT2D eigenvalue weighted by Crippen LogP contribution is -2.42. The van der Waals surface area contributed by atoms with Crippen LogP contribution in [0.2, 0.25) is 0 Å². The number of methoxy groups -OCH3 is 1. The van der Waals surface area contributed by atoms with Crippen LogP contribution in [0.5, 0.6) is 0 Å². The number of nitrogens with zero attached hydrogens (tertiary/aromatic N) is 1. The van der Waals surface area contributed by atoms with E-state index < -0.39 is 15.8 Å². The van der Waals surface area contributed by atoms with Gasteiger partial charge in [0.05, 0.1) is 11.5 Å². The lowest BCUT2D eigenvalue weighted by Gasteiger charge is -2.25. The van der Waals surface area contributed by atoms with Crippen molar-refractivity contribution in [1.29, 1.82) is 0 Å². The molecule has 0 spiro atoms. The van der Waals surface area contributed by atoms with Crippen LogP contribution in [0, 0.1) is 5.82 Å². The minimum Gasteiger partial charge on any atom is -0.383 e. The Morgan fingerprint density at radius 3 is 2.90 bits per heavy atom. The van der Waals surface area contributed by atoms with Crippen molar-refractivity contribution in [2.75, 3.05) is 33.4 Å². The molecule has 1 aliphatic rings. The molecule has 2 rings (SSSR count). The number of benzene rings is 1. The van der Waals surface area contributed by atoms with E-state index in [1.165, 1.54) is 29.6 Å². The summed E-state index contributed by atoms with van der Waals surface area (Å²) in [6.45, 7) is 1.85. The summed E-state index contributed by atoms with van der Waals surface area (Å²) in [5.41, 5.74) is 0. The van der Waals surface area contributed by atoms with Crippen molar-refractivity contribution < 1.29 is 17.5 Å². The number of sulfonamides is 1. The van der Waals surface area contributed by atoms with E-state index in [4.69, 9.17) is 4.74 Å². The monoisotopic (exact) mass is 316 g/mol. The van der Waals surface area contributed by atoms with Gasteiger partial charge in [-0.1, -0.05) is 6.07 Å². The Hall–Kier alpha value is -1.02. The molecule has 1 N–H and O–H groups in total. The molecule has 0 radical (unpaired) electrons. The highest BCUT2D eigenvalue weighted by Crippen LogP contribution is 2.18. The van der Waals surface area contributed by atoms with Gasteiger partial charge in [0.15, 0.2) is 0 Å². The van der Waals surface area contributed by atoms with Crippen LogP contribution in [-0.2, 0) is 14.8 Å². The number of nitrogens with one attached hydrogen (secondary N) is 1. The fraction of sp³-hybridized carbons (Fsp3) is 0.571. The summed E-state index contributed by atoms with van der Waals surface area (Å²) >= 11 is 0. The van der Waals surface area contributed by atoms with Crippen molar-refractivity contribution in [3.8, 4) is 0 Å². The van der Waals surface area contributed by atoms with E-state index >= 15 is 0 Å². The first-order valence-electron chi connectivity index (χ1n) is 7.02. The number of halogens is 1. The molecule has 1 saturated heterocycles. The summed E-state index contributed by atoms with van der Waals surface area (Å²) in [5, 5.41) is 3.28. The number of hydrogen-bond acceptors (Lipinski definition) is 4. The van der Waals surface area contributed by atoms with Crippen LogP contribution in [0.1, 0.15) is 12.8 Å². The van der Waals surface area contributed by atoms with E-state index in [0.717, 1.165) is 25.5 Å². The van der Waals surface area contributed by atoms with Gasteiger partial charge in [0, 0.05) is 26.2 Å². The number of hydrogen-bond donors (Lipinski definition) is 1. The molecule has 1 heterocycles. The minimum atomic E-state index is -3.71. The summed E-state index contributed by atoms with van der Waals surface area (Å²) in [6, 6.07) is 5.25. The van der Waals surface area contributed by atoms with Gasteiger partial charge in [0.1, 0.15) is 5.82 Å². The molecule has 5 nitrogen and oxygen atoms in total. The summed E-state index contributed by atoms with van der Waals surface area (Å²) in [5.74, 6) is -0.554. The highest BCUT2D eigenvalue weighted by Gasteiger charge is 2.28. The van der Waals surface area contributed by atoms with E-state index in [1.807, 2.05) is 0 Å². The number of ether oxygens (including phenoxy) is 1. The van der Waals surface area contributed by atoms with Gasteiger partial charge in [-0.05, 0) is 37.6 Å². The highest BCUT2D eigenvalue weighted by atomic mass is 32.2. The Morgan fingerprint density at radius 1 is 1.48 bits per heavy atom. The molecule has 1 unspecified atom stereocenters. The average Bonchev–Trinajstić information content (AvgIpc) is 2.96. The Morgan fingerprint density at radius 2 is 2.29 bits per heavy atom. The second-order valence-electron chi connectivity index (χ2n) is 5.11. The molecular weight excluding hydrogens is 295 g/mol. The van der Waals surface area contributed by atoms with E-state index in [-0.39, 0.29) is 17.5 Å². The predicted molar refractivity (Wildman–Crippen MR) is 78.1 cm³/mol. The molecule has 7 heteroatoms. The first-order valence-corrected chi connectivity index (χ1v) is 8.46. The fourth-order valence-electron chi connectivity index (χ4n) is 2.44. The van der Waals surface area contributed by atoms with Crippen molar-refractivity contribution in [2.24, 2.45) is 0 Å². The van der Waals surface area contributed by atoms with Gasteiger partial charge in [-0.25, -0.2) is 12.8 Å². The van der Waals surface area contributed by atoms with Crippen LogP contribution in [0.4, 0.5) is 4.39 Å². The van der Waals surface area contributed by atoms with Gasteiger partial charge >= 0.3 is 0 Å². The van der Waals surface area contributed by atoms with Crippen molar-refractivity contribution in [2.45, 2.75) is 23.8 Å². The first kappa shape index (κ1) is 16.4. The van der Waals surface area contributed by atoms with Gasteiger partial charge < -0.3 is 10.1 Å².